The summed E-state index contributed by atoms with van der Waals surface area (Å²) in [4.78, 5) is 147. The van der Waals surface area contributed by atoms with Crippen molar-refractivity contribution >= 4 is 98.3 Å². The molecule has 7 rings (SSSR count). The molecule has 0 aromatic carbocycles. The Hall–Kier alpha value is -10.0. The van der Waals surface area contributed by atoms with Gasteiger partial charge in [0.2, 0.25) is 17.8 Å². The maximum atomic E-state index is 12.3. The minimum Gasteiger partial charge on any atom is -0.548 e. The Bertz CT molecular complexity index is 3810. The van der Waals surface area contributed by atoms with Crippen molar-refractivity contribution < 1.29 is 24.6 Å². The largest absolute Gasteiger partial charge is 0.548 e. The highest BCUT2D eigenvalue weighted by Gasteiger charge is 2.20. The summed E-state index contributed by atoms with van der Waals surface area (Å²) in [7, 11) is 4.70. The summed E-state index contributed by atoms with van der Waals surface area (Å²) in [5, 5.41) is 39.5. The molecule has 478 valence electrons. The lowest BCUT2D eigenvalue weighted by Crippen LogP contribution is -2.47. The van der Waals surface area contributed by atoms with E-state index in [2.05, 4.69) is 86.7 Å². The Morgan fingerprint density at radius 1 is 0.598 bits per heavy atom. The van der Waals surface area contributed by atoms with E-state index in [9.17, 15) is 53.4 Å². The van der Waals surface area contributed by atoms with Crippen LogP contribution in [0.25, 0.3) is 33.1 Å². The van der Waals surface area contributed by atoms with Crippen molar-refractivity contribution in [2.45, 2.75) is 89.6 Å². The van der Waals surface area contributed by atoms with Crippen molar-refractivity contribution in [2.75, 3.05) is 87.0 Å². The van der Waals surface area contributed by atoms with Crippen LogP contribution in [0.4, 0.5) is 35.3 Å². The number of H-pyrrole nitrogens is 3. The summed E-state index contributed by atoms with van der Waals surface area (Å²) in [5.41, 5.74) is 30.3. The summed E-state index contributed by atoms with van der Waals surface area (Å²) in [6.07, 6.45) is 7.33. The number of aromatic nitrogens is 12. The lowest BCUT2D eigenvalue weighted by molar-refractivity contribution is -0.309. The van der Waals surface area contributed by atoms with Crippen LogP contribution in [-0.4, -0.2) is 160 Å². The number of guanidine groups is 1. The third-order valence-corrected chi connectivity index (χ3v) is 12.5. The second-order valence-electron chi connectivity index (χ2n) is 18.3. The molecular formula is C50H77N26O11-5. The first-order chi connectivity index (χ1) is 40.0. The van der Waals surface area contributed by atoms with Crippen molar-refractivity contribution in [3.63, 3.8) is 0 Å². The van der Waals surface area contributed by atoms with E-state index in [1.165, 1.54) is 11.5 Å². The standard InChI is InChI=1S/C16H20N8O4.C16H26N8O3.C15H24N10O4.3CH3/c1-18-15-22-12-10(13(25)23-15)11(17)21-16(28)24(12)6-5-20-9(14(26)27)7-8-3-2-4-19-8;1-9(25)10(5-3-4-6-17)20-7-8-24-13-11(12(18)21-16(24)27)14(26)23-15(19-2)22-13;1-19-14-23-10-8(11(26)24-14)9(16)22-15(29)25(10)6-5-20-7(12(27)28)3-2-4-21-13(17)18;;;/h3-4,9,20H,2,5-7H2,1H3,(H,26,27)(H2,17,21,28)(H2,18,22,23,25);10,20H,3-8,17H2,1-2H3,(H2,18,21,27)(H2,19,22,23,26);7,20H,2-6H2,1H3,(H,27,28)(H2,16,22,29)(H4,17,18,21)(H2,19,23,24,26);3*1H3/q;;;3*-1/p-2/t9-;10-;7-;;;/m000.../s1. The predicted octanol–water partition coefficient (Wildman–Crippen LogP) is -6.44. The molecule has 1 aliphatic heterocycles. The van der Waals surface area contributed by atoms with Gasteiger partial charge in [0.05, 0.1) is 24.0 Å². The molecule has 0 saturated carbocycles. The maximum absolute atomic E-state index is 12.3. The summed E-state index contributed by atoms with van der Waals surface area (Å²) < 4.78 is 3.57. The molecule has 6 aromatic rings. The first kappa shape index (κ1) is 73.1. The number of nitrogens with zero attached hydrogens (tertiary/aromatic N) is 11. The molecule has 0 spiro atoms. The van der Waals surface area contributed by atoms with Gasteiger partial charge >= 0.3 is 17.1 Å². The third kappa shape index (κ3) is 19.8. The number of nitrogen functional groups attached to an aromatic ring is 3. The van der Waals surface area contributed by atoms with Crippen LogP contribution in [0.1, 0.15) is 51.9 Å². The van der Waals surface area contributed by atoms with Crippen molar-refractivity contribution in [3.8, 4) is 0 Å². The fourth-order valence-corrected chi connectivity index (χ4v) is 8.35. The summed E-state index contributed by atoms with van der Waals surface area (Å²) in [6, 6.07) is -2.27. The van der Waals surface area contributed by atoms with Crippen LogP contribution in [-0.2, 0) is 34.0 Å². The van der Waals surface area contributed by atoms with E-state index in [4.69, 9.17) is 34.4 Å². The zero-order valence-corrected chi connectivity index (χ0v) is 49.4. The van der Waals surface area contributed by atoms with Crippen molar-refractivity contribution in [1.82, 2.24) is 74.5 Å². The monoisotopic (exact) mass is 1220 g/mol. The van der Waals surface area contributed by atoms with Crippen molar-refractivity contribution in [2.24, 2.45) is 27.2 Å². The minimum atomic E-state index is -1.30. The number of fused-ring (bicyclic) bond motifs is 3. The second kappa shape index (κ2) is 34.7. The van der Waals surface area contributed by atoms with E-state index in [1.807, 2.05) is 6.08 Å². The van der Waals surface area contributed by atoms with Gasteiger partial charge in [0.15, 0.2) is 22.9 Å². The number of Topliss-reactive ketones (excluding diaryl/α,β-unsaturated/α-hetero) is 1. The number of ketones is 1. The predicted molar refractivity (Wildman–Crippen MR) is 329 cm³/mol. The number of aliphatic carboxylic acids is 2. The topological polar surface area (TPSA) is 592 Å². The highest BCUT2D eigenvalue weighted by molar-refractivity contribution is 5.87. The number of nitrogens with two attached hydrogens (primary N) is 6. The maximum Gasteiger partial charge on any atom is 0.351 e. The van der Waals surface area contributed by atoms with E-state index in [0.29, 0.717) is 38.0 Å². The van der Waals surface area contributed by atoms with Gasteiger partial charge < -0.3 is 108 Å². The van der Waals surface area contributed by atoms with Crippen LogP contribution >= 0.6 is 0 Å². The van der Waals surface area contributed by atoms with Crippen LogP contribution in [0.5, 0.6) is 0 Å². The van der Waals surface area contributed by atoms with Crippen LogP contribution in [0.3, 0.4) is 0 Å². The van der Waals surface area contributed by atoms with Gasteiger partial charge in [-0.15, -0.1) is 0 Å². The van der Waals surface area contributed by atoms with E-state index in [-0.39, 0.29) is 161 Å². The number of carboxylic acid groups (broad SMARTS) is 2. The molecule has 37 nitrogen and oxygen atoms in total. The molecular weight excluding hydrogens is 1140 g/mol. The van der Waals surface area contributed by atoms with E-state index in [0.717, 1.165) is 22.0 Å². The highest BCUT2D eigenvalue weighted by Crippen LogP contribution is 2.16. The SMILES string of the molecule is CNc1nc2c(c(N)nc(=O)n2CCN[C@@H](CC2=CCC=N2)C(=O)[O-])c(=O)[nH]1.CNc1nc2c(c(N)nc(=O)n2CCN[C@@H](CCCCN)C(C)=O)c(=O)[nH]1.CNc1nc2c(c(N)nc(=O)n2CCN[C@@H](CCCN=C(N)N)C(=O)[O-])c(=O)[nH]1.[CH3-].[CH3-].[CH3-]. The molecule has 7 heterocycles. The van der Waals surface area contributed by atoms with E-state index >= 15 is 0 Å². The number of nitrogens with one attached hydrogen (secondary N) is 9. The van der Waals surface area contributed by atoms with Crippen molar-refractivity contribution in [3.05, 3.63) is 96.6 Å². The molecule has 0 bridgehead atoms. The summed E-state index contributed by atoms with van der Waals surface area (Å²) in [6.45, 7) is 3.08. The number of rotatable bonds is 28. The zero-order chi connectivity index (χ0) is 61.8. The fourth-order valence-electron chi connectivity index (χ4n) is 8.35. The van der Waals surface area contributed by atoms with E-state index in [1.54, 1.807) is 27.4 Å². The molecule has 0 fully saturated rings. The lowest BCUT2D eigenvalue weighted by Gasteiger charge is -2.20. The number of carbonyl (C=O) groups excluding carboxylic acids is 3. The minimum absolute atomic E-state index is 0. The van der Waals surface area contributed by atoms with Crippen LogP contribution in [0.2, 0.25) is 0 Å². The Morgan fingerprint density at radius 3 is 1.31 bits per heavy atom. The Labute approximate surface area is 496 Å². The molecule has 0 radical (unpaired) electrons. The molecule has 0 aliphatic carbocycles. The zero-order valence-electron chi connectivity index (χ0n) is 49.4. The Balaban J connectivity index is 0.000000438. The third-order valence-electron chi connectivity index (χ3n) is 12.5. The number of allylic oxidation sites excluding steroid dienone is 1. The molecule has 1 aliphatic rings. The molecule has 3 atom stereocenters. The molecule has 87 heavy (non-hydrogen) atoms. The number of aromatic amines is 3. The van der Waals surface area contributed by atoms with Crippen LogP contribution < -0.4 is 110 Å². The Kier molecular flexibility index (Phi) is 29.1. The number of aliphatic imine (C=N–C) groups is 2. The molecule has 21 N–H and O–H groups in total. The number of unbranched alkanes of at least 4 members (excludes halogenated alkanes) is 1. The fraction of sp³-hybridized carbons (Fsp3) is 0.440. The molecule has 0 amide bonds. The first-order valence-electron chi connectivity index (χ1n) is 26.1. The Morgan fingerprint density at radius 2 is 0.977 bits per heavy atom. The van der Waals surface area contributed by atoms with Gasteiger partial charge in [0.25, 0.3) is 16.7 Å². The molecule has 0 saturated heterocycles. The van der Waals surface area contributed by atoms with Crippen LogP contribution in [0.15, 0.2) is 50.5 Å². The van der Waals surface area contributed by atoms with E-state index < -0.39 is 57.8 Å². The first-order valence-corrected chi connectivity index (χ1v) is 26.1. The van der Waals surface area contributed by atoms with Gasteiger partial charge in [0, 0.05) is 97.8 Å². The van der Waals surface area contributed by atoms with Gasteiger partial charge in [0.1, 0.15) is 39.4 Å². The van der Waals surface area contributed by atoms with Gasteiger partial charge in [-0.3, -0.25) is 57.8 Å². The number of carboxylic acids is 2. The summed E-state index contributed by atoms with van der Waals surface area (Å²) in [5.74, 6) is -2.75. The summed E-state index contributed by atoms with van der Waals surface area (Å²) >= 11 is 0. The lowest BCUT2D eigenvalue weighted by atomic mass is 10.1. The van der Waals surface area contributed by atoms with Gasteiger partial charge in [-0.25, -0.2) is 14.4 Å². The van der Waals surface area contributed by atoms with Crippen molar-refractivity contribution in [1.29, 1.82) is 0 Å². The quantitative estimate of drug-likeness (QED) is 0.00940. The van der Waals surface area contributed by atoms with Gasteiger partial charge in [-0.05, 0) is 39.2 Å². The van der Waals surface area contributed by atoms with Gasteiger partial charge in [-0.2, -0.15) is 29.9 Å². The molecule has 37 heteroatoms. The highest BCUT2D eigenvalue weighted by atomic mass is 16.4. The number of anilines is 6. The van der Waals surface area contributed by atoms with Crippen LogP contribution in [0, 0.1) is 22.3 Å². The van der Waals surface area contributed by atoms with Gasteiger partial charge in [-0.1, -0.05) is 12.5 Å². The molecule has 0 unspecified atom stereocenters. The second-order valence-corrected chi connectivity index (χ2v) is 18.3. The average Bonchev–Trinajstić information content (AvgIpc) is 1.11. The number of hydrogen-bond acceptors (Lipinski definition) is 29. The number of carbonyl (C=O) groups is 3. The normalized spacial score (nSPS) is 12.4. The number of hydrogen-bond donors (Lipinski definition) is 15. The average molecular weight is 1220 g/mol. The molecule has 6 aromatic heterocycles. The smallest absolute Gasteiger partial charge is 0.351 e.